The molecule has 128 valence electrons. The van der Waals surface area contributed by atoms with Gasteiger partial charge in [-0.2, -0.15) is 13.5 Å². The molecule has 0 saturated carbocycles. The van der Waals surface area contributed by atoms with Gasteiger partial charge >= 0.3 is 0 Å². The summed E-state index contributed by atoms with van der Waals surface area (Å²) in [5, 5.41) is 13.7. The Hall–Kier alpha value is -1.96. The van der Waals surface area contributed by atoms with Gasteiger partial charge in [-0.1, -0.05) is 23.2 Å². The van der Waals surface area contributed by atoms with Crippen LogP contribution >= 0.6 is 23.2 Å². The van der Waals surface area contributed by atoms with Gasteiger partial charge in [-0.25, -0.2) is 4.83 Å². The second-order valence-corrected chi connectivity index (χ2v) is 7.06. The largest absolute Gasteiger partial charge is 0.504 e. The summed E-state index contributed by atoms with van der Waals surface area (Å²) >= 11 is 11.6. The third kappa shape index (κ3) is 4.53. The molecule has 0 aliphatic carbocycles. The lowest BCUT2D eigenvalue weighted by molar-refractivity contribution is 0.318. The molecule has 0 bridgehead atoms. The maximum absolute atomic E-state index is 12.1. The number of hydrazone groups is 1. The first kappa shape index (κ1) is 18.4. The highest BCUT2D eigenvalue weighted by atomic mass is 35.5. The number of benzene rings is 2. The van der Waals surface area contributed by atoms with E-state index in [1.54, 1.807) is 13.0 Å². The molecule has 0 fully saturated rings. The molecule has 2 rings (SSSR count). The van der Waals surface area contributed by atoms with Crippen LogP contribution in [0.2, 0.25) is 10.0 Å². The van der Waals surface area contributed by atoms with Crippen LogP contribution in [-0.4, -0.2) is 26.3 Å². The van der Waals surface area contributed by atoms with Gasteiger partial charge in [-0.15, -0.1) is 0 Å². The Morgan fingerprint density at radius 3 is 2.62 bits per heavy atom. The standard InChI is InChI=1S/C15H14Cl2N2O4S/c1-2-23-15-7-10(3-6-14(15)20)9-18-19-24(21,22)11-4-5-12(16)13(17)8-11/h3-9,19-20H,2H2,1H3/b18-9+. The number of aromatic hydroxyl groups is 1. The lowest BCUT2D eigenvalue weighted by Gasteiger charge is -2.06. The second kappa shape index (κ2) is 7.74. The zero-order valence-electron chi connectivity index (χ0n) is 12.5. The molecule has 0 saturated heterocycles. The molecule has 6 nitrogen and oxygen atoms in total. The molecule has 0 amide bonds. The molecular weight excluding hydrogens is 375 g/mol. The van der Waals surface area contributed by atoms with Gasteiger partial charge in [0, 0.05) is 0 Å². The van der Waals surface area contributed by atoms with Crippen LogP contribution in [0.1, 0.15) is 12.5 Å². The predicted octanol–water partition coefficient (Wildman–Crippen LogP) is 3.41. The fraction of sp³-hybridized carbons (Fsp3) is 0.133. The Morgan fingerprint density at radius 1 is 1.21 bits per heavy atom. The minimum atomic E-state index is -3.87. The van der Waals surface area contributed by atoms with Crippen molar-refractivity contribution in [2.45, 2.75) is 11.8 Å². The first-order valence-electron chi connectivity index (χ1n) is 6.79. The molecular formula is C15H14Cl2N2O4S. The average molecular weight is 389 g/mol. The van der Waals surface area contributed by atoms with E-state index in [2.05, 4.69) is 9.93 Å². The summed E-state index contributed by atoms with van der Waals surface area (Å²) in [6.45, 7) is 2.17. The number of halogens is 2. The first-order valence-corrected chi connectivity index (χ1v) is 9.03. The van der Waals surface area contributed by atoms with Crippen LogP contribution in [0.5, 0.6) is 11.5 Å². The van der Waals surface area contributed by atoms with Crippen molar-refractivity contribution < 1.29 is 18.3 Å². The average Bonchev–Trinajstić information content (AvgIpc) is 2.53. The van der Waals surface area contributed by atoms with Crippen molar-refractivity contribution in [1.29, 1.82) is 0 Å². The quantitative estimate of drug-likeness (QED) is 0.586. The Bertz CT molecular complexity index is 870. The van der Waals surface area contributed by atoms with Crippen molar-refractivity contribution in [3.05, 3.63) is 52.0 Å². The van der Waals surface area contributed by atoms with E-state index in [0.29, 0.717) is 12.2 Å². The highest BCUT2D eigenvalue weighted by Crippen LogP contribution is 2.26. The topological polar surface area (TPSA) is 88.0 Å². The van der Waals surface area contributed by atoms with Crippen LogP contribution in [0.4, 0.5) is 0 Å². The van der Waals surface area contributed by atoms with Crippen LogP contribution in [0, 0.1) is 0 Å². The summed E-state index contributed by atoms with van der Waals surface area (Å²) in [7, 11) is -3.87. The molecule has 0 aliphatic rings. The van der Waals surface area contributed by atoms with Crippen molar-refractivity contribution in [3.63, 3.8) is 0 Å². The van der Waals surface area contributed by atoms with E-state index in [1.807, 2.05) is 0 Å². The molecule has 2 aromatic carbocycles. The van der Waals surface area contributed by atoms with Crippen LogP contribution in [-0.2, 0) is 10.0 Å². The lowest BCUT2D eigenvalue weighted by atomic mass is 10.2. The summed E-state index contributed by atoms with van der Waals surface area (Å²) in [6.07, 6.45) is 1.29. The molecule has 0 aromatic heterocycles. The molecule has 9 heteroatoms. The number of hydrogen-bond acceptors (Lipinski definition) is 5. The molecule has 24 heavy (non-hydrogen) atoms. The highest BCUT2D eigenvalue weighted by molar-refractivity contribution is 7.89. The Balaban J connectivity index is 2.15. The van der Waals surface area contributed by atoms with Crippen molar-refractivity contribution in [2.75, 3.05) is 6.61 Å². The van der Waals surface area contributed by atoms with E-state index in [1.165, 1.54) is 36.5 Å². The van der Waals surface area contributed by atoms with E-state index in [0.717, 1.165) is 0 Å². The minimum Gasteiger partial charge on any atom is -0.504 e. The number of nitrogens with one attached hydrogen (secondary N) is 1. The zero-order valence-corrected chi connectivity index (χ0v) is 14.9. The lowest BCUT2D eigenvalue weighted by Crippen LogP contribution is -2.18. The smallest absolute Gasteiger partial charge is 0.276 e. The highest BCUT2D eigenvalue weighted by Gasteiger charge is 2.14. The van der Waals surface area contributed by atoms with Crippen molar-refractivity contribution >= 4 is 39.4 Å². The van der Waals surface area contributed by atoms with Crippen molar-refractivity contribution in [2.24, 2.45) is 5.10 Å². The maximum Gasteiger partial charge on any atom is 0.276 e. The molecule has 0 aliphatic heterocycles. The van der Waals surface area contributed by atoms with Gasteiger partial charge in [0.15, 0.2) is 11.5 Å². The zero-order chi connectivity index (χ0) is 17.7. The van der Waals surface area contributed by atoms with Crippen LogP contribution in [0.3, 0.4) is 0 Å². The third-order valence-corrected chi connectivity index (χ3v) is 4.83. The Kier molecular flexibility index (Phi) is 5.93. The molecule has 0 spiro atoms. The number of phenols is 1. The summed E-state index contributed by atoms with van der Waals surface area (Å²) < 4.78 is 29.5. The molecule has 2 aromatic rings. The predicted molar refractivity (Wildman–Crippen MR) is 93.7 cm³/mol. The number of sulfonamides is 1. The van der Waals surface area contributed by atoms with E-state index < -0.39 is 10.0 Å². The van der Waals surface area contributed by atoms with E-state index in [9.17, 15) is 13.5 Å². The number of phenolic OH excluding ortho intramolecular Hbond substituents is 1. The second-order valence-electron chi connectivity index (χ2n) is 4.59. The summed E-state index contributed by atoms with van der Waals surface area (Å²) in [5.74, 6) is 0.277. The van der Waals surface area contributed by atoms with Gasteiger partial charge in [0.1, 0.15) is 0 Å². The minimum absolute atomic E-state index is 0.00890. The van der Waals surface area contributed by atoms with Crippen molar-refractivity contribution in [1.82, 2.24) is 4.83 Å². The fourth-order valence-electron chi connectivity index (χ4n) is 1.75. The molecule has 0 atom stereocenters. The SMILES string of the molecule is CCOc1cc(/C=N/NS(=O)(=O)c2ccc(Cl)c(Cl)c2)ccc1O. The summed E-state index contributed by atoms with van der Waals surface area (Å²) in [6, 6.07) is 8.47. The monoisotopic (exact) mass is 388 g/mol. The van der Waals surface area contributed by atoms with E-state index >= 15 is 0 Å². The maximum atomic E-state index is 12.1. The molecule has 0 unspecified atom stereocenters. The van der Waals surface area contributed by atoms with Gasteiger partial charge in [0.2, 0.25) is 0 Å². The number of hydrogen-bond donors (Lipinski definition) is 2. The van der Waals surface area contributed by atoms with E-state index in [-0.39, 0.29) is 26.4 Å². The number of nitrogens with zero attached hydrogens (tertiary/aromatic N) is 1. The molecule has 2 N–H and O–H groups in total. The van der Waals surface area contributed by atoms with Crippen LogP contribution in [0.15, 0.2) is 46.4 Å². The van der Waals surface area contributed by atoms with Gasteiger partial charge in [-0.3, -0.25) is 0 Å². The number of ether oxygens (including phenoxy) is 1. The normalized spacial score (nSPS) is 11.6. The van der Waals surface area contributed by atoms with Crippen LogP contribution in [0.25, 0.3) is 0 Å². The fourth-order valence-corrected chi connectivity index (χ4v) is 2.93. The summed E-state index contributed by atoms with van der Waals surface area (Å²) in [4.78, 5) is 2.01. The summed E-state index contributed by atoms with van der Waals surface area (Å²) in [5.41, 5.74) is 0.549. The Labute approximate surface area is 149 Å². The Morgan fingerprint density at radius 2 is 1.96 bits per heavy atom. The van der Waals surface area contributed by atoms with Gasteiger partial charge in [-0.05, 0) is 48.9 Å². The first-order chi connectivity index (χ1) is 11.3. The molecule has 0 radical (unpaired) electrons. The third-order valence-electron chi connectivity index (χ3n) is 2.87. The van der Waals surface area contributed by atoms with E-state index in [4.69, 9.17) is 27.9 Å². The molecule has 0 heterocycles. The van der Waals surface area contributed by atoms with Gasteiger partial charge in [0.25, 0.3) is 10.0 Å². The van der Waals surface area contributed by atoms with Crippen LogP contribution < -0.4 is 9.57 Å². The van der Waals surface area contributed by atoms with Gasteiger partial charge < -0.3 is 9.84 Å². The number of rotatable bonds is 6. The van der Waals surface area contributed by atoms with Gasteiger partial charge in [0.05, 0.1) is 27.8 Å². The van der Waals surface area contributed by atoms with Crippen molar-refractivity contribution in [3.8, 4) is 11.5 Å².